The Morgan fingerprint density at radius 2 is 1.95 bits per heavy atom. The zero-order valence-electron chi connectivity index (χ0n) is 12.3. The Hall–Kier alpha value is -1.00. The van der Waals surface area contributed by atoms with E-state index in [1.165, 1.54) is 31.4 Å². The van der Waals surface area contributed by atoms with E-state index in [-0.39, 0.29) is 6.04 Å². The summed E-state index contributed by atoms with van der Waals surface area (Å²) in [7, 11) is 0. The Kier molecular flexibility index (Phi) is 5.49. The van der Waals surface area contributed by atoms with Crippen LogP contribution in [0.4, 0.5) is 8.78 Å². The van der Waals surface area contributed by atoms with Crippen LogP contribution < -0.4 is 5.32 Å². The molecule has 0 spiro atoms. The molecule has 2 nitrogen and oxygen atoms in total. The smallest absolute Gasteiger partial charge is 0.126 e. The first-order valence-electron chi connectivity index (χ1n) is 7.53. The molecular weight excluding hydrogens is 258 g/mol. The average molecular weight is 282 g/mol. The van der Waals surface area contributed by atoms with E-state index in [0.29, 0.717) is 11.6 Å². The van der Waals surface area contributed by atoms with Gasteiger partial charge in [-0.05, 0) is 50.6 Å². The van der Waals surface area contributed by atoms with Gasteiger partial charge in [0.15, 0.2) is 0 Å². The first kappa shape index (κ1) is 15.4. The third-order valence-electron chi connectivity index (χ3n) is 4.19. The van der Waals surface area contributed by atoms with Crippen molar-refractivity contribution in [1.82, 2.24) is 10.2 Å². The molecular formula is C16H24F2N2. The van der Waals surface area contributed by atoms with Crippen LogP contribution in [0.5, 0.6) is 0 Å². The van der Waals surface area contributed by atoms with Gasteiger partial charge in [0.2, 0.25) is 0 Å². The molecule has 1 fully saturated rings. The van der Waals surface area contributed by atoms with Crippen LogP contribution in [0.25, 0.3) is 0 Å². The Labute approximate surface area is 120 Å². The van der Waals surface area contributed by atoms with Crippen LogP contribution in [0.3, 0.4) is 0 Å². The van der Waals surface area contributed by atoms with Gasteiger partial charge in [0.05, 0.1) is 0 Å². The molecule has 112 valence electrons. The van der Waals surface area contributed by atoms with Crippen LogP contribution in [0.1, 0.15) is 44.7 Å². The highest BCUT2D eigenvalue weighted by atomic mass is 19.1. The van der Waals surface area contributed by atoms with Crippen molar-refractivity contribution in [2.24, 2.45) is 0 Å². The summed E-state index contributed by atoms with van der Waals surface area (Å²) in [6.45, 7) is 6.98. The molecule has 0 saturated carbocycles. The highest BCUT2D eigenvalue weighted by Gasteiger charge is 2.21. The molecule has 2 atom stereocenters. The van der Waals surface area contributed by atoms with Crippen LogP contribution >= 0.6 is 0 Å². The van der Waals surface area contributed by atoms with Crippen molar-refractivity contribution in [3.05, 3.63) is 35.4 Å². The lowest BCUT2D eigenvalue weighted by atomic mass is 10.0. The first-order valence-corrected chi connectivity index (χ1v) is 7.53. The first-order chi connectivity index (χ1) is 9.60. The second-order valence-corrected chi connectivity index (χ2v) is 5.61. The molecule has 0 bridgehead atoms. The minimum atomic E-state index is -0.501. The molecule has 1 aliphatic heterocycles. The molecule has 1 heterocycles. The summed E-state index contributed by atoms with van der Waals surface area (Å²) in [6, 6.07) is 4.31. The number of rotatable bonds is 5. The Morgan fingerprint density at radius 1 is 1.25 bits per heavy atom. The van der Waals surface area contributed by atoms with Crippen molar-refractivity contribution in [2.75, 3.05) is 19.6 Å². The van der Waals surface area contributed by atoms with E-state index < -0.39 is 11.6 Å². The van der Waals surface area contributed by atoms with Crippen molar-refractivity contribution in [3.63, 3.8) is 0 Å². The quantitative estimate of drug-likeness (QED) is 0.889. The van der Waals surface area contributed by atoms with Crippen LogP contribution in [0, 0.1) is 11.6 Å². The number of hydrogen-bond acceptors (Lipinski definition) is 2. The number of halogens is 2. The van der Waals surface area contributed by atoms with E-state index in [9.17, 15) is 8.78 Å². The molecule has 1 aliphatic rings. The summed E-state index contributed by atoms with van der Waals surface area (Å²) in [5.74, 6) is -1.00. The molecule has 1 aromatic rings. The topological polar surface area (TPSA) is 15.3 Å². The molecule has 20 heavy (non-hydrogen) atoms. The summed E-state index contributed by atoms with van der Waals surface area (Å²) in [5.41, 5.74) is 0.708. The van der Waals surface area contributed by atoms with Crippen LogP contribution in [0.15, 0.2) is 18.2 Å². The molecule has 4 heteroatoms. The fourth-order valence-corrected chi connectivity index (χ4v) is 2.95. The normalized spacial score (nSPS) is 21.1. The SMILES string of the molecule is CCN(CC1CCCCN1)C(C)c1cc(F)cc(F)c1. The zero-order chi connectivity index (χ0) is 14.5. The zero-order valence-corrected chi connectivity index (χ0v) is 12.3. The lowest BCUT2D eigenvalue weighted by molar-refractivity contribution is 0.184. The second-order valence-electron chi connectivity index (χ2n) is 5.61. The molecule has 0 amide bonds. The number of piperidine rings is 1. The number of benzene rings is 1. The van der Waals surface area contributed by atoms with Gasteiger partial charge < -0.3 is 5.32 Å². The van der Waals surface area contributed by atoms with Crippen LogP contribution in [0.2, 0.25) is 0 Å². The van der Waals surface area contributed by atoms with Crippen molar-refractivity contribution in [2.45, 2.75) is 45.2 Å². The summed E-state index contributed by atoms with van der Waals surface area (Å²) >= 11 is 0. The summed E-state index contributed by atoms with van der Waals surface area (Å²) < 4.78 is 26.7. The van der Waals surface area contributed by atoms with Gasteiger partial charge in [0.25, 0.3) is 0 Å². The molecule has 1 aromatic carbocycles. The average Bonchev–Trinajstić information content (AvgIpc) is 2.44. The molecule has 2 rings (SSSR count). The standard InChI is InChI=1S/C16H24F2N2/c1-3-20(11-16-6-4-5-7-19-16)12(2)13-8-14(17)10-15(18)9-13/h8-10,12,16,19H,3-7,11H2,1-2H3. The van der Waals surface area contributed by atoms with E-state index in [2.05, 4.69) is 17.1 Å². The monoisotopic (exact) mass is 282 g/mol. The van der Waals surface area contributed by atoms with Gasteiger partial charge in [-0.25, -0.2) is 8.78 Å². The summed E-state index contributed by atoms with van der Waals surface area (Å²) in [5, 5.41) is 3.52. The van der Waals surface area contributed by atoms with Crippen molar-refractivity contribution < 1.29 is 8.78 Å². The van der Waals surface area contributed by atoms with E-state index in [1.54, 1.807) is 0 Å². The highest BCUT2D eigenvalue weighted by Crippen LogP contribution is 2.23. The fraction of sp³-hybridized carbons (Fsp3) is 0.625. The summed E-state index contributed by atoms with van der Waals surface area (Å²) in [4.78, 5) is 2.28. The maximum absolute atomic E-state index is 13.3. The van der Waals surface area contributed by atoms with Crippen LogP contribution in [-0.4, -0.2) is 30.6 Å². The van der Waals surface area contributed by atoms with Gasteiger partial charge in [0, 0.05) is 24.7 Å². The van der Waals surface area contributed by atoms with Gasteiger partial charge in [-0.3, -0.25) is 4.90 Å². The molecule has 1 N–H and O–H groups in total. The van der Waals surface area contributed by atoms with E-state index in [4.69, 9.17) is 0 Å². The van der Waals surface area contributed by atoms with Crippen molar-refractivity contribution in [1.29, 1.82) is 0 Å². The second kappa shape index (κ2) is 7.14. The third kappa shape index (κ3) is 4.00. The Bertz CT molecular complexity index is 410. The summed E-state index contributed by atoms with van der Waals surface area (Å²) in [6.07, 6.45) is 3.69. The fourth-order valence-electron chi connectivity index (χ4n) is 2.95. The predicted octanol–water partition coefficient (Wildman–Crippen LogP) is 3.49. The molecule has 0 aliphatic carbocycles. The van der Waals surface area contributed by atoms with Crippen molar-refractivity contribution >= 4 is 0 Å². The van der Waals surface area contributed by atoms with Gasteiger partial charge in [-0.1, -0.05) is 13.3 Å². The van der Waals surface area contributed by atoms with Crippen molar-refractivity contribution in [3.8, 4) is 0 Å². The highest BCUT2D eigenvalue weighted by molar-refractivity contribution is 5.21. The molecule has 0 aromatic heterocycles. The lowest BCUT2D eigenvalue weighted by Gasteiger charge is -2.34. The number of nitrogens with one attached hydrogen (secondary N) is 1. The van der Waals surface area contributed by atoms with Gasteiger partial charge in [-0.2, -0.15) is 0 Å². The van der Waals surface area contributed by atoms with E-state index >= 15 is 0 Å². The number of likely N-dealkylation sites (N-methyl/N-ethyl adjacent to an activating group) is 1. The minimum Gasteiger partial charge on any atom is -0.313 e. The van der Waals surface area contributed by atoms with E-state index in [0.717, 1.165) is 25.7 Å². The Balaban J connectivity index is 2.05. The van der Waals surface area contributed by atoms with Gasteiger partial charge >= 0.3 is 0 Å². The van der Waals surface area contributed by atoms with E-state index in [1.807, 2.05) is 6.92 Å². The third-order valence-corrected chi connectivity index (χ3v) is 4.19. The molecule has 0 radical (unpaired) electrons. The number of nitrogens with zero attached hydrogens (tertiary/aromatic N) is 1. The van der Waals surface area contributed by atoms with Gasteiger partial charge in [-0.15, -0.1) is 0 Å². The predicted molar refractivity (Wildman–Crippen MR) is 77.7 cm³/mol. The number of hydrogen-bond donors (Lipinski definition) is 1. The largest absolute Gasteiger partial charge is 0.313 e. The van der Waals surface area contributed by atoms with Crippen LogP contribution in [-0.2, 0) is 0 Å². The Morgan fingerprint density at radius 3 is 2.50 bits per heavy atom. The maximum atomic E-state index is 13.3. The minimum absolute atomic E-state index is 0.0222. The van der Waals surface area contributed by atoms with Gasteiger partial charge in [0.1, 0.15) is 11.6 Å². The lowest BCUT2D eigenvalue weighted by Crippen LogP contribution is -2.44. The maximum Gasteiger partial charge on any atom is 0.126 e. The molecule has 2 unspecified atom stereocenters. The molecule has 1 saturated heterocycles.